The van der Waals surface area contributed by atoms with E-state index in [1.165, 1.54) is 0 Å². The maximum Gasteiger partial charge on any atom is 0.408 e. The molecular weight excluding hydrogens is 466 g/mol. The fraction of sp³-hybridized carbons (Fsp3) is 0.633. The van der Waals surface area contributed by atoms with Crippen LogP contribution in [0.2, 0.25) is 0 Å². The Morgan fingerprint density at radius 2 is 1.65 bits per heavy atom. The van der Waals surface area contributed by atoms with Crippen LogP contribution < -0.4 is 10.6 Å². The third-order valence-corrected chi connectivity index (χ3v) is 6.22. The summed E-state index contributed by atoms with van der Waals surface area (Å²) >= 11 is 0. The second kappa shape index (κ2) is 16.0. The van der Waals surface area contributed by atoms with Crippen LogP contribution in [0.3, 0.4) is 0 Å². The fourth-order valence-electron chi connectivity index (χ4n) is 3.91. The minimum absolute atomic E-state index is 0.166. The summed E-state index contributed by atoms with van der Waals surface area (Å²) in [4.78, 5) is 42.0. The normalized spacial score (nSPS) is 13.6. The van der Waals surface area contributed by atoms with Crippen LogP contribution in [0.5, 0.6) is 0 Å². The molecule has 0 radical (unpaired) electrons. The van der Waals surface area contributed by atoms with Gasteiger partial charge in [-0.05, 0) is 57.2 Å². The predicted octanol–water partition coefficient (Wildman–Crippen LogP) is 5.58. The van der Waals surface area contributed by atoms with Gasteiger partial charge in [0.2, 0.25) is 11.8 Å². The minimum atomic E-state index is -0.848. The Morgan fingerprint density at radius 3 is 2.16 bits per heavy atom. The van der Waals surface area contributed by atoms with Gasteiger partial charge in [-0.2, -0.15) is 0 Å². The largest absolute Gasteiger partial charge is 0.444 e. The van der Waals surface area contributed by atoms with Crippen LogP contribution in [0.4, 0.5) is 4.79 Å². The summed E-state index contributed by atoms with van der Waals surface area (Å²) < 4.78 is 5.45. The van der Waals surface area contributed by atoms with E-state index in [-0.39, 0.29) is 17.7 Å². The number of alkyl carbamates (subject to hydrolysis) is 1. The highest BCUT2D eigenvalue weighted by atomic mass is 16.6. The number of amides is 3. The van der Waals surface area contributed by atoms with E-state index in [1.807, 2.05) is 20.8 Å². The van der Waals surface area contributed by atoms with Crippen molar-refractivity contribution in [3.8, 4) is 12.3 Å². The van der Waals surface area contributed by atoms with E-state index in [9.17, 15) is 14.4 Å². The minimum Gasteiger partial charge on any atom is -0.444 e. The number of hydrogen-bond acceptors (Lipinski definition) is 4. The first-order chi connectivity index (χ1) is 17.5. The van der Waals surface area contributed by atoms with Gasteiger partial charge in [0, 0.05) is 18.7 Å². The van der Waals surface area contributed by atoms with Gasteiger partial charge in [-0.3, -0.25) is 9.59 Å². The van der Waals surface area contributed by atoms with Crippen LogP contribution in [0.15, 0.2) is 24.3 Å². The Bertz CT molecular complexity index is 899. The van der Waals surface area contributed by atoms with Crippen molar-refractivity contribution in [1.82, 2.24) is 15.5 Å². The van der Waals surface area contributed by atoms with E-state index in [1.54, 1.807) is 49.9 Å². The highest BCUT2D eigenvalue weighted by Gasteiger charge is 2.37. The number of rotatable bonds is 14. The molecule has 0 aliphatic rings. The summed E-state index contributed by atoms with van der Waals surface area (Å²) in [6.45, 7) is 14.3. The monoisotopic (exact) mass is 513 g/mol. The quantitative estimate of drug-likeness (QED) is 0.251. The lowest BCUT2D eigenvalue weighted by molar-refractivity contribution is -0.143. The molecule has 1 aromatic rings. The van der Waals surface area contributed by atoms with E-state index >= 15 is 0 Å². The molecule has 0 aliphatic heterocycles. The van der Waals surface area contributed by atoms with Gasteiger partial charge in [-0.15, -0.1) is 6.42 Å². The summed E-state index contributed by atoms with van der Waals surface area (Å²) in [5.74, 6) is 1.89. The standard InChI is InChI=1S/C30H47N3O4/c1-9-13-15-20-31-27(34)26(24-18-16-23(12-4)17-19-24)33(21-14-10-2)28(35)25(22(5)11-3)32-29(36)37-30(6,7)8/h4,16-19,22,25-26H,9-11,13-15,20-21H2,1-3,5-8H3,(H,31,34)(H,32,36). The van der Waals surface area contributed by atoms with Crippen molar-refractivity contribution in [3.63, 3.8) is 0 Å². The smallest absolute Gasteiger partial charge is 0.408 e. The Kier molecular flexibility index (Phi) is 13.8. The number of carbonyl (C=O) groups is 3. The molecule has 7 heteroatoms. The molecule has 0 aromatic heterocycles. The molecule has 7 nitrogen and oxygen atoms in total. The molecule has 3 atom stereocenters. The predicted molar refractivity (Wildman–Crippen MR) is 149 cm³/mol. The zero-order valence-electron chi connectivity index (χ0n) is 23.9. The van der Waals surface area contributed by atoms with Crippen molar-refractivity contribution < 1.29 is 19.1 Å². The lowest BCUT2D eigenvalue weighted by Gasteiger charge is -2.36. The number of terminal acetylenes is 1. The number of unbranched alkanes of at least 4 members (excludes halogenated alkanes) is 3. The Labute approximate surface area is 224 Å². The van der Waals surface area contributed by atoms with Crippen molar-refractivity contribution in [2.24, 2.45) is 5.92 Å². The number of nitrogens with zero attached hydrogens (tertiary/aromatic N) is 1. The molecule has 1 rings (SSSR count). The fourth-order valence-corrected chi connectivity index (χ4v) is 3.91. The molecule has 1 aromatic carbocycles. The zero-order valence-corrected chi connectivity index (χ0v) is 23.9. The molecule has 0 bridgehead atoms. The van der Waals surface area contributed by atoms with Crippen molar-refractivity contribution in [2.45, 2.75) is 105 Å². The van der Waals surface area contributed by atoms with Gasteiger partial charge in [0.1, 0.15) is 17.7 Å². The first-order valence-electron chi connectivity index (χ1n) is 13.6. The van der Waals surface area contributed by atoms with Crippen LogP contribution >= 0.6 is 0 Å². The van der Waals surface area contributed by atoms with Gasteiger partial charge in [0.25, 0.3) is 0 Å². The Balaban J connectivity index is 3.45. The summed E-state index contributed by atoms with van der Waals surface area (Å²) in [5, 5.41) is 5.82. The molecule has 37 heavy (non-hydrogen) atoms. The molecule has 0 saturated carbocycles. The van der Waals surface area contributed by atoms with Crippen LogP contribution in [0.25, 0.3) is 0 Å². The molecular formula is C30H47N3O4. The summed E-state index contributed by atoms with van der Waals surface area (Å²) in [6.07, 6.45) is 10.0. The first kappa shape index (κ1) is 32.0. The Morgan fingerprint density at radius 1 is 1.03 bits per heavy atom. The number of ether oxygens (including phenoxy) is 1. The molecule has 206 valence electrons. The average molecular weight is 514 g/mol. The molecule has 2 N–H and O–H groups in total. The van der Waals surface area contributed by atoms with Gasteiger partial charge >= 0.3 is 6.09 Å². The molecule has 0 saturated heterocycles. The van der Waals surface area contributed by atoms with Crippen molar-refractivity contribution >= 4 is 17.9 Å². The van der Waals surface area contributed by atoms with E-state index in [2.05, 4.69) is 23.5 Å². The summed E-state index contributed by atoms with van der Waals surface area (Å²) in [7, 11) is 0. The van der Waals surface area contributed by atoms with Crippen LogP contribution in [-0.2, 0) is 14.3 Å². The maximum absolute atomic E-state index is 14.1. The van der Waals surface area contributed by atoms with Gasteiger partial charge in [-0.25, -0.2) is 4.79 Å². The zero-order chi connectivity index (χ0) is 28.0. The molecule has 3 unspecified atom stereocenters. The van der Waals surface area contributed by atoms with E-state index in [4.69, 9.17) is 11.2 Å². The second-order valence-corrected chi connectivity index (χ2v) is 10.6. The third-order valence-electron chi connectivity index (χ3n) is 6.22. The first-order valence-corrected chi connectivity index (χ1v) is 13.6. The molecule has 0 fully saturated rings. The highest BCUT2D eigenvalue weighted by molar-refractivity contribution is 5.92. The maximum atomic E-state index is 14.1. The van der Waals surface area contributed by atoms with Crippen molar-refractivity contribution in [2.75, 3.05) is 13.1 Å². The van der Waals surface area contributed by atoms with Gasteiger partial charge in [-0.1, -0.05) is 71.4 Å². The number of carbonyl (C=O) groups excluding carboxylic acids is 3. The Hall–Kier alpha value is -3.01. The highest BCUT2D eigenvalue weighted by Crippen LogP contribution is 2.26. The molecule has 0 spiro atoms. The number of nitrogens with one attached hydrogen (secondary N) is 2. The lowest BCUT2D eigenvalue weighted by atomic mass is 9.95. The number of benzene rings is 1. The lowest BCUT2D eigenvalue weighted by Crippen LogP contribution is -2.55. The molecule has 0 heterocycles. The topological polar surface area (TPSA) is 87.7 Å². The van der Waals surface area contributed by atoms with Crippen LogP contribution in [0, 0.1) is 18.3 Å². The second-order valence-electron chi connectivity index (χ2n) is 10.6. The van der Waals surface area contributed by atoms with Gasteiger partial charge in [0.05, 0.1) is 0 Å². The van der Waals surface area contributed by atoms with Gasteiger partial charge < -0.3 is 20.3 Å². The van der Waals surface area contributed by atoms with Crippen molar-refractivity contribution in [1.29, 1.82) is 0 Å². The summed E-state index contributed by atoms with van der Waals surface area (Å²) in [5.41, 5.74) is 0.673. The average Bonchev–Trinajstić information content (AvgIpc) is 2.85. The molecule has 0 aliphatic carbocycles. The summed E-state index contributed by atoms with van der Waals surface area (Å²) in [6, 6.07) is 5.48. The van der Waals surface area contributed by atoms with E-state index in [0.29, 0.717) is 37.1 Å². The van der Waals surface area contributed by atoms with E-state index < -0.39 is 23.8 Å². The van der Waals surface area contributed by atoms with Crippen molar-refractivity contribution in [3.05, 3.63) is 35.4 Å². The third kappa shape index (κ3) is 10.9. The van der Waals surface area contributed by atoms with Crippen LogP contribution in [-0.4, -0.2) is 47.5 Å². The van der Waals surface area contributed by atoms with Gasteiger partial charge in [0.15, 0.2) is 0 Å². The molecule has 3 amide bonds. The van der Waals surface area contributed by atoms with E-state index in [0.717, 1.165) is 25.7 Å². The van der Waals surface area contributed by atoms with Crippen LogP contribution in [0.1, 0.15) is 104 Å². The SMILES string of the molecule is C#Cc1ccc(C(C(=O)NCCCCC)N(CCCC)C(=O)C(NC(=O)OC(C)(C)C)C(C)CC)cc1. The number of hydrogen-bond donors (Lipinski definition) is 2.